The lowest BCUT2D eigenvalue weighted by atomic mass is 10.1. The van der Waals surface area contributed by atoms with Gasteiger partial charge in [-0.3, -0.25) is 4.79 Å². The van der Waals surface area contributed by atoms with Gasteiger partial charge in [0, 0.05) is 10.0 Å². The van der Waals surface area contributed by atoms with Crippen molar-refractivity contribution in [3.8, 4) is 0 Å². The number of amides is 1. The first kappa shape index (κ1) is 15.9. The summed E-state index contributed by atoms with van der Waals surface area (Å²) in [6, 6.07) is 8.90. The van der Waals surface area contributed by atoms with Gasteiger partial charge in [-0.05, 0) is 36.4 Å². The van der Waals surface area contributed by atoms with Crippen molar-refractivity contribution >= 4 is 56.3 Å². The SMILES string of the molecule is NC(=S)c1ccc(NC(=O)c2ccc(Br)cc2Cl)c(F)c1. The van der Waals surface area contributed by atoms with Gasteiger partial charge in [-0.2, -0.15) is 0 Å². The molecule has 21 heavy (non-hydrogen) atoms. The highest BCUT2D eigenvalue weighted by molar-refractivity contribution is 9.10. The molecular weight excluding hydrogens is 379 g/mol. The third kappa shape index (κ3) is 3.78. The second kappa shape index (κ2) is 6.51. The van der Waals surface area contributed by atoms with Crippen LogP contribution in [0.25, 0.3) is 0 Å². The van der Waals surface area contributed by atoms with E-state index in [-0.39, 0.29) is 21.3 Å². The van der Waals surface area contributed by atoms with E-state index in [1.807, 2.05) is 0 Å². The Morgan fingerprint density at radius 1 is 1.29 bits per heavy atom. The second-order valence-corrected chi connectivity index (χ2v) is 5.90. The van der Waals surface area contributed by atoms with Crippen molar-refractivity contribution < 1.29 is 9.18 Å². The van der Waals surface area contributed by atoms with Crippen molar-refractivity contribution in [2.75, 3.05) is 5.32 Å². The standard InChI is InChI=1S/C14H9BrClFN2OS/c15-8-2-3-9(10(16)6-8)14(20)19-12-4-1-7(13(18)21)5-11(12)17/h1-6H,(H2,18,21)(H,19,20). The highest BCUT2D eigenvalue weighted by Gasteiger charge is 2.13. The molecule has 0 atom stereocenters. The van der Waals surface area contributed by atoms with Crippen LogP contribution >= 0.6 is 39.7 Å². The highest BCUT2D eigenvalue weighted by Crippen LogP contribution is 2.23. The topological polar surface area (TPSA) is 55.1 Å². The molecule has 0 radical (unpaired) electrons. The number of hydrogen-bond acceptors (Lipinski definition) is 2. The van der Waals surface area contributed by atoms with Crippen LogP contribution in [0.4, 0.5) is 10.1 Å². The molecule has 0 fully saturated rings. The van der Waals surface area contributed by atoms with E-state index in [9.17, 15) is 9.18 Å². The van der Waals surface area contributed by atoms with Crippen LogP contribution in [0.15, 0.2) is 40.9 Å². The Bertz CT molecular complexity index is 739. The minimum atomic E-state index is -0.623. The van der Waals surface area contributed by atoms with Gasteiger partial charge in [0.25, 0.3) is 5.91 Å². The van der Waals surface area contributed by atoms with E-state index in [1.54, 1.807) is 18.2 Å². The Morgan fingerprint density at radius 3 is 2.57 bits per heavy atom. The first-order valence-corrected chi connectivity index (χ1v) is 7.32. The number of rotatable bonds is 3. The van der Waals surface area contributed by atoms with Gasteiger partial charge in [-0.1, -0.05) is 39.7 Å². The van der Waals surface area contributed by atoms with E-state index >= 15 is 0 Å². The predicted octanol–water partition coefficient (Wildman–Crippen LogP) is 4.13. The molecule has 2 aromatic carbocycles. The van der Waals surface area contributed by atoms with Gasteiger partial charge in [0.15, 0.2) is 0 Å². The van der Waals surface area contributed by atoms with Gasteiger partial charge in [-0.25, -0.2) is 4.39 Å². The molecule has 0 unspecified atom stereocenters. The number of benzene rings is 2. The fourth-order valence-corrected chi connectivity index (χ4v) is 2.52. The number of anilines is 1. The molecule has 3 nitrogen and oxygen atoms in total. The lowest BCUT2D eigenvalue weighted by molar-refractivity contribution is 0.102. The fraction of sp³-hybridized carbons (Fsp3) is 0. The Hall–Kier alpha value is -1.50. The number of carbonyl (C=O) groups excluding carboxylic acids is 1. The predicted molar refractivity (Wildman–Crippen MR) is 89.4 cm³/mol. The molecule has 0 aliphatic carbocycles. The number of halogens is 3. The van der Waals surface area contributed by atoms with Gasteiger partial charge in [-0.15, -0.1) is 0 Å². The average molecular weight is 388 g/mol. The van der Waals surface area contributed by atoms with E-state index < -0.39 is 11.7 Å². The molecule has 0 aliphatic heterocycles. The minimum Gasteiger partial charge on any atom is -0.389 e. The van der Waals surface area contributed by atoms with Gasteiger partial charge in [0.1, 0.15) is 10.8 Å². The molecule has 7 heteroatoms. The molecule has 0 saturated carbocycles. The van der Waals surface area contributed by atoms with Crippen LogP contribution in [0.2, 0.25) is 5.02 Å². The summed E-state index contributed by atoms with van der Waals surface area (Å²) in [5.41, 5.74) is 6.08. The van der Waals surface area contributed by atoms with Crippen molar-refractivity contribution in [2.45, 2.75) is 0 Å². The van der Waals surface area contributed by atoms with E-state index in [0.29, 0.717) is 5.56 Å². The maximum absolute atomic E-state index is 13.9. The molecule has 0 spiro atoms. The largest absolute Gasteiger partial charge is 0.389 e. The van der Waals surface area contributed by atoms with Gasteiger partial charge in [0.05, 0.1) is 16.3 Å². The fourth-order valence-electron chi connectivity index (χ4n) is 1.63. The van der Waals surface area contributed by atoms with Crippen LogP contribution < -0.4 is 11.1 Å². The molecule has 0 bridgehead atoms. The van der Waals surface area contributed by atoms with Crippen LogP contribution in [-0.2, 0) is 0 Å². The first-order chi connectivity index (χ1) is 9.88. The molecule has 3 N–H and O–H groups in total. The average Bonchev–Trinajstić information content (AvgIpc) is 2.40. The summed E-state index contributed by atoms with van der Waals surface area (Å²) in [5, 5.41) is 2.72. The molecule has 0 aliphatic rings. The lowest BCUT2D eigenvalue weighted by Gasteiger charge is -2.09. The summed E-state index contributed by atoms with van der Waals surface area (Å²) in [6.45, 7) is 0. The number of hydrogen-bond donors (Lipinski definition) is 2. The number of carbonyl (C=O) groups is 1. The molecule has 1 amide bonds. The minimum absolute atomic E-state index is 0.0268. The Kier molecular flexibility index (Phi) is 4.92. The Labute approximate surface area is 139 Å². The summed E-state index contributed by atoms with van der Waals surface area (Å²) in [4.78, 5) is 12.2. The molecule has 0 saturated heterocycles. The third-order valence-corrected chi connectivity index (χ3v) is 3.72. The van der Waals surface area contributed by atoms with Crippen LogP contribution in [-0.4, -0.2) is 10.9 Å². The normalized spacial score (nSPS) is 10.2. The smallest absolute Gasteiger partial charge is 0.257 e. The van der Waals surface area contributed by atoms with Crippen molar-refractivity contribution in [3.05, 3.63) is 62.8 Å². The summed E-state index contributed by atoms with van der Waals surface area (Å²) in [6.07, 6.45) is 0. The van der Waals surface area contributed by atoms with Crippen molar-refractivity contribution in [3.63, 3.8) is 0 Å². The quantitative estimate of drug-likeness (QED) is 0.779. The van der Waals surface area contributed by atoms with Crippen LogP contribution in [0.1, 0.15) is 15.9 Å². The van der Waals surface area contributed by atoms with E-state index in [2.05, 4.69) is 21.2 Å². The van der Waals surface area contributed by atoms with E-state index in [4.69, 9.17) is 29.6 Å². The molecule has 0 aromatic heterocycles. The zero-order valence-electron chi connectivity index (χ0n) is 10.5. The number of thiocarbonyl (C=S) groups is 1. The van der Waals surface area contributed by atoms with Crippen LogP contribution in [0, 0.1) is 5.82 Å². The molecule has 0 heterocycles. The molecule has 2 aromatic rings. The maximum Gasteiger partial charge on any atom is 0.257 e. The second-order valence-electron chi connectivity index (χ2n) is 4.14. The van der Waals surface area contributed by atoms with Crippen molar-refractivity contribution in [1.29, 1.82) is 0 Å². The van der Waals surface area contributed by atoms with Crippen LogP contribution in [0.3, 0.4) is 0 Å². The zero-order valence-corrected chi connectivity index (χ0v) is 13.7. The summed E-state index contributed by atoms with van der Waals surface area (Å²) >= 11 is 14.0. The molecule has 108 valence electrons. The highest BCUT2D eigenvalue weighted by atomic mass is 79.9. The summed E-state index contributed by atoms with van der Waals surface area (Å²) < 4.78 is 14.6. The zero-order chi connectivity index (χ0) is 15.6. The van der Waals surface area contributed by atoms with Gasteiger partial charge >= 0.3 is 0 Å². The number of nitrogens with two attached hydrogens (primary N) is 1. The maximum atomic E-state index is 13.9. The molecule has 2 rings (SSSR count). The van der Waals surface area contributed by atoms with Crippen molar-refractivity contribution in [1.82, 2.24) is 0 Å². The van der Waals surface area contributed by atoms with Crippen LogP contribution in [0.5, 0.6) is 0 Å². The lowest BCUT2D eigenvalue weighted by Crippen LogP contribution is -2.15. The van der Waals surface area contributed by atoms with Gasteiger partial charge in [0.2, 0.25) is 0 Å². The Morgan fingerprint density at radius 2 is 2.00 bits per heavy atom. The van der Waals surface area contributed by atoms with Gasteiger partial charge < -0.3 is 11.1 Å². The third-order valence-electron chi connectivity index (χ3n) is 2.68. The number of nitrogens with one attached hydrogen (secondary N) is 1. The Balaban J connectivity index is 2.25. The van der Waals surface area contributed by atoms with E-state index in [0.717, 1.165) is 4.47 Å². The molecular formula is C14H9BrClFN2OS. The monoisotopic (exact) mass is 386 g/mol. The summed E-state index contributed by atoms with van der Waals surface area (Å²) in [5.74, 6) is -1.13. The first-order valence-electron chi connectivity index (χ1n) is 5.74. The van der Waals surface area contributed by atoms with E-state index in [1.165, 1.54) is 18.2 Å². The van der Waals surface area contributed by atoms with Crippen molar-refractivity contribution in [2.24, 2.45) is 5.73 Å². The summed E-state index contributed by atoms with van der Waals surface area (Å²) in [7, 11) is 0.